The fourth-order valence-electron chi connectivity index (χ4n) is 2.75. The average Bonchev–Trinajstić information content (AvgIpc) is 2.70. The van der Waals surface area contributed by atoms with Crippen molar-refractivity contribution in [3.8, 4) is 17.2 Å². The Bertz CT molecular complexity index is 882. The van der Waals surface area contributed by atoms with Crippen LogP contribution in [-0.2, 0) is 9.59 Å². The molecule has 2 aromatic carbocycles. The monoisotopic (exact) mass is 414 g/mol. The number of nitrogens with zero attached hydrogens (tertiary/aromatic N) is 1. The predicted octanol–water partition coefficient (Wildman–Crippen LogP) is 3.58. The lowest BCUT2D eigenvalue weighted by Crippen LogP contribution is -2.37. The van der Waals surface area contributed by atoms with Gasteiger partial charge in [0.2, 0.25) is 5.91 Å². The van der Waals surface area contributed by atoms with E-state index in [4.69, 9.17) is 14.2 Å². The molecule has 0 radical (unpaired) electrons. The SMILES string of the molecule is CCOc1ccc(NC(=O)CN(C)C(=O)COc2cc(C)ccc2C)cc1OCC. The Labute approximate surface area is 177 Å². The van der Waals surface area contributed by atoms with Gasteiger partial charge in [0.1, 0.15) is 5.75 Å². The quantitative estimate of drug-likeness (QED) is 0.643. The van der Waals surface area contributed by atoms with Gasteiger partial charge in [-0.05, 0) is 57.0 Å². The minimum absolute atomic E-state index is 0.0911. The molecule has 0 bridgehead atoms. The lowest BCUT2D eigenvalue weighted by atomic mass is 10.1. The largest absolute Gasteiger partial charge is 0.490 e. The van der Waals surface area contributed by atoms with Crippen LogP contribution in [0.4, 0.5) is 5.69 Å². The first-order valence-electron chi connectivity index (χ1n) is 9.97. The van der Waals surface area contributed by atoms with Gasteiger partial charge in [-0.2, -0.15) is 0 Å². The molecule has 0 atom stereocenters. The maximum Gasteiger partial charge on any atom is 0.260 e. The van der Waals surface area contributed by atoms with Gasteiger partial charge in [0.05, 0.1) is 19.8 Å². The second kappa shape index (κ2) is 11.1. The van der Waals surface area contributed by atoms with E-state index in [0.717, 1.165) is 11.1 Å². The summed E-state index contributed by atoms with van der Waals surface area (Å²) in [7, 11) is 1.57. The van der Waals surface area contributed by atoms with Crippen molar-refractivity contribution in [2.24, 2.45) is 0 Å². The van der Waals surface area contributed by atoms with Gasteiger partial charge in [-0.15, -0.1) is 0 Å². The van der Waals surface area contributed by atoms with E-state index >= 15 is 0 Å². The summed E-state index contributed by atoms with van der Waals surface area (Å²) < 4.78 is 16.7. The zero-order valence-electron chi connectivity index (χ0n) is 18.3. The fraction of sp³-hybridized carbons (Fsp3) is 0.391. The van der Waals surface area contributed by atoms with E-state index in [0.29, 0.717) is 36.1 Å². The van der Waals surface area contributed by atoms with Crippen molar-refractivity contribution >= 4 is 17.5 Å². The third-order valence-electron chi connectivity index (χ3n) is 4.33. The van der Waals surface area contributed by atoms with Crippen LogP contribution in [0.1, 0.15) is 25.0 Å². The van der Waals surface area contributed by atoms with Crippen molar-refractivity contribution in [1.29, 1.82) is 0 Å². The number of hydrogen-bond donors (Lipinski definition) is 1. The number of ether oxygens (including phenoxy) is 3. The number of likely N-dealkylation sites (N-methyl/N-ethyl adjacent to an activating group) is 1. The van der Waals surface area contributed by atoms with Crippen LogP contribution in [0.15, 0.2) is 36.4 Å². The molecule has 0 unspecified atom stereocenters. The van der Waals surface area contributed by atoms with Gasteiger partial charge in [0, 0.05) is 18.8 Å². The number of amides is 2. The Morgan fingerprint density at radius 2 is 1.60 bits per heavy atom. The van der Waals surface area contributed by atoms with Crippen LogP contribution in [0.5, 0.6) is 17.2 Å². The zero-order chi connectivity index (χ0) is 22.1. The van der Waals surface area contributed by atoms with Crippen molar-refractivity contribution in [3.63, 3.8) is 0 Å². The van der Waals surface area contributed by atoms with Crippen LogP contribution in [0, 0.1) is 13.8 Å². The molecule has 0 spiro atoms. The predicted molar refractivity (Wildman–Crippen MR) is 116 cm³/mol. The van der Waals surface area contributed by atoms with Crippen molar-refractivity contribution < 1.29 is 23.8 Å². The van der Waals surface area contributed by atoms with Gasteiger partial charge in [-0.3, -0.25) is 9.59 Å². The van der Waals surface area contributed by atoms with E-state index in [9.17, 15) is 9.59 Å². The molecule has 7 heteroatoms. The number of anilines is 1. The van der Waals surface area contributed by atoms with Crippen molar-refractivity contribution in [3.05, 3.63) is 47.5 Å². The molecule has 30 heavy (non-hydrogen) atoms. The maximum absolute atomic E-state index is 12.4. The Morgan fingerprint density at radius 3 is 2.30 bits per heavy atom. The highest BCUT2D eigenvalue weighted by Gasteiger charge is 2.15. The summed E-state index contributed by atoms with van der Waals surface area (Å²) in [6.07, 6.45) is 0. The second-order valence-electron chi connectivity index (χ2n) is 6.88. The summed E-state index contributed by atoms with van der Waals surface area (Å²) in [5.74, 6) is 1.24. The lowest BCUT2D eigenvalue weighted by molar-refractivity contribution is -0.135. The number of carbonyl (C=O) groups is 2. The number of hydrogen-bond acceptors (Lipinski definition) is 5. The maximum atomic E-state index is 12.4. The highest BCUT2D eigenvalue weighted by atomic mass is 16.5. The zero-order valence-corrected chi connectivity index (χ0v) is 18.3. The van der Waals surface area contributed by atoms with Gasteiger partial charge < -0.3 is 24.4 Å². The van der Waals surface area contributed by atoms with Crippen molar-refractivity contribution in [2.75, 3.05) is 38.7 Å². The summed E-state index contributed by atoms with van der Waals surface area (Å²) >= 11 is 0. The van der Waals surface area contributed by atoms with E-state index in [1.54, 1.807) is 25.2 Å². The van der Waals surface area contributed by atoms with E-state index < -0.39 is 0 Å². The van der Waals surface area contributed by atoms with Gasteiger partial charge in [0.25, 0.3) is 5.91 Å². The van der Waals surface area contributed by atoms with Gasteiger partial charge in [0.15, 0.2) is 18.1 Å². The first-order chi connectivity index (χ1) is 14.3. The molecule has 0 saturated heterocycles. The van der Waals surface area contributed by atoms with Crippen LogP contribution < -0.4 is 19.5 Å². The van der Waals surface area contributed by atoms with Crippen molar-refractivity contribution in [1.82, 2.24) is 4.90 Å². The molecule has 2 aromatic rings. The Balaban J connectivity index is 1.91. The molecule has 2 amide bonds. The summed E-state index contributed by atoms with van der Waals surface area (Å²) in [6, 6.07) is 11.0. The molecule has 0 aliphatic heterocycles. The van der Waals surface area contributed by atoms with E-state index in [1.165, 1.54) is 4.90 Å². The molecule has 162 valence electrons. The van der Waals surface area contributed by atoms with Gasteiger partial charge in [-0.1, -0.05) is 12.1 Å². The van der Waals surface area contributed by atoms with Crippen LogP contribution >= 0.6 is 0 Å². The molecular formula is C23H30N2O5. The van der Waals surface area contributed by atoms with Crippen LogP contribution in [-0.4, -0.2) is 50.1 Å². The first kappa shape index (κ1) is 23.1. The van der Waals surface area contributed by atoms with E-state index in [1.807, 2.05) is 45.9 Å². The topological polar surface area (TPSA) is 77.1 Å². The molecule has 0 saturated carbocycles. The van der Waals surface area contributed by atoms with E-state index in [2.05, 4.69) is 5.32 Å². The summed E-state index contributed by atoms with van der Waals surface area (Å²) in [5.41, 5.74) is 2.58. The minimum Gasteiger partial charge on any atom is -0.490 e. The average molecular weight is 415 g/mol. The summed E-state index contributed by atoms with van der Waals surface area (Å²) in [6.45, 7) is 8.42. The highest BCUT2D eigenvalue weighted by molar-refractivity contribution is 5.94. The molecule has 1 N–H and O–H groups in total. The van der Waals surface area contributed by atoms with Crippen LogP contribution in [0.25, 0.3) is 0 Å². The van der Waals surface area contributed by atoms with E-state index in [-0.39, 0.29) is 25.0 Å². The Morgan fingerprint density at radius 1 is 0.900 bits per heavy atom. The Hall–Kier alpha value is -3.22. The van der Waals surface area contributed by atoms with Crippen molar-refractivity contribution in [2.45, 2.75) is 27.7 Å². The fourth-order valence-corrected chi connectivity index (χ4v) is 2.75. The van der Waals surface area contributed by atoms with Gasteiger partial charge >= 0.3 is 0 Å². The molecular weight excluding hydrogens is 384 g/mol. The summed E-state index contributed by atoms with van der Waals surface area (Å²) in [5, 5.41) is 2.78. The smallest absolute Gasteiger partial charge is 0.260 e. The molecule has 7 nitrogen and oxygen atoms in total. The number of nitrogens with one attached hydrogen (secondary N) is 1. The normalized spacial score (nSPS) is 10.3. The second-order valence-corrected chi connectivity index (χ2v) is 6.88. The summed E-state index contributed by atoms with van der Waals surface area (Å²) in [4.78, 5) is 26.0. The minimum atomic E-state index is -0.316. The molecule has 0 aliphatic carbocycles. The lowest BCUT2D eigenvalue weighted by Gasteiger charge is -2.18. The standard InChI is InChI=1S/C23H30N2O5/c1-6-28-19-11-10-18(13-21(19)29-7-2)24-22(26)14-25(5)23(27)15-30-20-12-16(3)8-9-17(20)4/h8-13H,6-7,14-15H2,1-5H3,(H,24,26). The molecule has 0 heterocycles. The highest BCUT2D eigenvalue weighted by Crippen LogP contribution is 2.30. The number of carbonyl (C=O) groups excluding carboxylic acids is 2. The Kier molecular flexibility index (Phi) is 8.53. The molecule has 2 rings (SSSR count). The number of aryl methyl sites for hydroxylation is 2. The number of benzene rings is 2. The third-order valence-corrected chi connectivity index (χ3v) is 4.33. The number of rotatable bonds is 10. The molecule has 0 fully saturated rings. The first-order valence-corrected chi connectivity index (χ1v) is 9.97. The van der Waals surface area contributed by atoms with Crippen LogP contribution in [0.3, 0.4) is 0 Å². The van der Waals surface area contributed by atoms with Crippen LogP contribution in [0.2, 0.25) is 0 Å². The van der Waals surface area contributed by atoms with Gasteiger partial charge in [-0.25, -0.2) is 0 Å². The third kappa shape index (κ3) is 6.69. The molecule has 0 aromatic heterocycles. The molecule has 0 aliphatic rings.